The van der Waals surface area contributed by atoms with Crippen LogP contribution in [0.2, 0.25) is 0 Å². The van der Waals surface area contributed by atoms with E-state index < -0.39 is 6.10 Å². The van der Waals surface area contributed by atoms with E-state index in [2.05, 4.69) is 42.4 Å². The van der Waals surface area contributed by atoms with E-state index in [0.717, 1.165) is 48.7 Å². The Morgan fingerprint density at radius 1 is 1.21 bits per heavy atom. The first-order chi connectivity index (χ1) is 15.7. The maximum Gasteiger partial charge on any atom is 0.158 e. The van der Waals surface area contributed by atoms with E-state index >= 15 is 0 Å². The number of likely N-dealkylation sites (N-methyl/N-ethyl adjacent to an activating group) is 1. The summed E-state index contributed by atoms with van der Waals surface area (Å²) < 4.78 is 17.6. The van der Waals surface area contributed by atoms with E-state index in [9.17, 15) is 9.50 Å². The Morgan fingerprint density at radius 2 is 1.97 bits per heavy atom. The van der Waals surface area contributed by atoms with Crippen LogP contribution in [0.3, 0.4) is 0 Å². The number of rotatable bonds is 6. The molecule has 0 spiro atoms. The van der Waals surface area contributed by atoms with Crippen LogP contribution in [0.15, 0.2) is 37.2 Å². The molecule has 4 rings (SSSR count). The maximum absolute atomic E-state index is 13.9. The maximum atomic E-state index is 13.9. The first-order valence-corrected chi connectivity index (χ1v) is 11.4. The molecule has 1 fully saturated rings. The van der Waals surface area contributed by atoms with E-state index in [1.807, 2.05) is 24.1 Å². The van der Waals surface area contributed by atoms with Crippen molar-refractivity contribution in [3.8, 4) is 11.3 Å². The summed E-state index contributed by atoms with van der Waals surface area (Å²) in [5.41, 5.74) is 4.47. The van der Waals surface area contributed by atoms with Crippen LogP contribution in [0.1, 0.15) is 43.6 Å². The SMILES string of the molecule is C=C(c1cn(C)nc1-c1ccc(F)cc1[C@@H](C)O)c1cn(CC)nc1N1CCN(C)C[C@@H]1C. The van der Waals surface area contributed by atoms with Gasteiger partial charge in [0.15, 0.2) is 5.82 Å². The summed E-state index contributed by atoms with van der Waals surface area (Å²) in [6.45, 7) is 14.0. The summed E-state index contributed by atoms with van der Waals surface area (Å²) in [6, 6.07) is 4.76. The highest BCUT2D eigenvalue weighted by atomic mass is 19.1. The van der Waals surface area contributed by atoms with Crippen molar-refractivity contribution in [3.63, 3.8) is 0 Å². The van der Waals surface area contributed by atoms with Crippen molar-refractivity contribution in [3.05, 3.63) is 59.7 Å². The van der Waals surface area contributed by atoms with Crippen LogP contribution in [0, 0.1) is 5.82 Å². The molecule has 0 amide bonds. The fraction of sp³-hybridized carbons (Fsp3) is 0.440. The van der Waals surface area contributed by atoms with Crippen LogP contribution in [-0.4, -0.2) is 62.3 Å². The zero-order valence-corrected chi connectivity index (χ0v) is 20.1. The third-order valence-electron chi connectivity index (χ3n) is 6.37. The van der Waals surface area contributed by atoms with E-state index in [0.29, 0.717) is 22.9 Å². The van der Waals surface area contributed by atoms with E-state index in [1.54, 1.807) is 17.7 Å². The molecule has 1 aliphatic heterocycles. The number of piperazine rings is 1. The minimum absolute atomic E-state index is 0.322. The largest absolute Gasteiger partial charge is 0.389 e. The number of nitrogens with zero attached hydrogens (tertiary/aromatic N) is 6. The Hall–Kier alpha value is -2.97. The topological polar surface area (TPSA) is 62.4 Å². The number of aryl methyl sites for hydroxylation is 2. The molecule has 0 radical (unpaired) electrons. The van der Waals surface area contributed by atoms with Crippen LogP contribution in [0.5, 0.6) is 0 Å². The molecule has 0 bridgehead atoms. The van der Waals surface area contributed by atoms with Crippen LogP contribution in [-0.2, 0) is 13.6 Å². The molecule has 1 aliphatic rings. The number of hydrogen-bond acceptors (Lipinski definition) is 5. The summed E-state index contributed by atoms with van der Waals surface area (Å²) in [5, 5.41) is 19.9. The summed E-state index contributed by atoms with van der Waals surface area (Å²) in [7, 11) is 3.99. The predicted molar refractivity (Wildman–Crippen MR) is 130 cm³/mol. The van der Waals surface area contributed by atoms with Crippen LogP contribution in [0.4, 0.5) is 10.2 Å². The average molecular weight is 453 g/mol. The highest BCUT2D eigenvalue weighted by Gasteiger charge is 2.28. The zero-order valence-electron chi connectivity index (χ0n) is 20.1. The minimum atomic E-state index is -0.830. The Morgan fingerprint density at radius 3 is 2.64 bits per heavy atom. The Kier molecular flexibility index (Phi) is 6.41. The average Bonchev–Trinajstić information content (AvgIpc) is 3.37. The van der Waals surface area contributed by atoms with Gasteiger partial charge in [0.05, 0.1) is 6.10 Å². The number of aromatic nitrogens is 4. The summed E-state index contributed by atoms with van der Waals surface area (Å²) in [5.74, 6) is 0.536. The molecule has 2 atom stereocenters. The molecule has 33 heavy (non-hydrogen) atoms. The number of aliphatic hydroxyl groups is 1. The van der Waals surface area contributed by atoms with Crippen molar-refractivity contribution in [1.82, 2.24) is 24.5 Å². The highest BCUT2D eigenvalue weighted by molar-refractivity contribution is 5.90. The van der Waals surface area contributed by atoms with Gasteiger partial charge >= 0.3 is 0 Å². The second kappa shape index (κ2) is 9.11. The van der Waals surface area contributed by atoms with Gasteiger partial charge in [-0.3, -0.25) is 9.36 Å². The van der Waals surface area contributed by atoms with Gasteiger partial charge in [-0.2, -0.15) is 10.2 Å². The Labute approximate surface area is 194 Å². The molecule has 3 aromatic rings. The standard InChI is InChI=1S/C25H33FN6O/c1-7-31-15-23(25(28-31)32-11-10-29(5)13-16(32)2)17(3)22-14-30(6)27-24(22)20-9-8-19(26)12-21(20)18(4)33/h8-9,12,14-16,18,33H,3,7,10-11,13H2,1-2,4-6H3/t16-,18+/m0/s1. The van der Waals surface area contributed by atoms with Crippen LogP contribution < -0.4 is 4.90 Å². The number of hydrogen-bond donors (Lipinski definition) is 1. The zero-order chi connectivity index (χ0) is 23.9. The fourth-order valence-corrected chi connectivity index (χ4v) is 4.60. The lowest BCUT2D eigenvalue weighted by molar-refractivity contribution is 0.199. The number of halogens is 1. The molecule has 1 aromatic carbocycles. The van der Waals surface area contributed by atoms with Crippen molar-refractivity contribution in [1.29, 1.82) is 0 Å². The normalized spacial score (nSPS) is 18.0. The van der Waals surface area contributed by atoms with Gasteiger partial charge in [-0.1, -0.05) is 6.58 Å². The van der Waals surface area contributed by atoms with Gasteiger partial charge in [0.25, 0.3) is 0 Å². The number of benzene rings is 1. The van der Waals surface area contributed by atoms with Gasteiger partial charge in [-0.25, -0.2) is 4.39 Å². The first kappa shape index (κ1) is 23.2. The third-order valence-corrected chi connectivity index (χ3v) is 6.37. The fourth-order valence-electron chi connectivity index (χ4n) is 4.60. The predicted octanol–water partition coefficient (Wildman–Crippen LogP) is 3.70. The smallest absolute Gasteiger partial charge is 0.158 e. The molecule has 0 saturated carbocycles. The van der Waals surface area contributed by atoms with Crippen molar-refractivity contribution in [2.75, 3.05) is 31.6 Å². The summed E-state index contributed by atoms with van der Waals surface area (Å²) in [4.78, 5) is 4.68. The van der Waals surface area contributed by atoms with Gasteiger partial charge in [0, 0.05) is 68.4 Å². The second-order valence-electron chi connectivity index (χ2n) is 8.98. The van der Waals surface area contributed by atoms with E-state index in [-0.39, 0.29) is 5.82 Å². The molecule has 8 heteroatoms. The van der Waals surface area contributed by atoms with Gasteiger partial charge in [0.2, 0.25) is 0 Å². The van der Waals surface area contributed by atoms with Crippen LogP contribution in [0.25, 0.3) is 16.8 Å². The summed E-state index contributed by atoms with van der Waals surface area (Å²) in [6.07, 6.45) is 3.14. The number of anilines is 1. The van der Waals surface area contributed by atoms with Crippen LogP contribution >= 0.6 is 0 Å². The molecule has 0 unspecified atom stereocenters. The first-order valence-electron chi connectivity index (χ1n) is 11.4. The lowest BCUT2D eigenvalue weighted by Gasteiger charge is -2.39. The number of aliphatic hydroxyl groups excluding tert-OH is 1. The van der Waals surface area contributed by atoms with Gasteiger partial charge in [0.1, 0.15) is 11.5 Å². The quantitative estimate of drug-likeness (QED) is 0.618. The molecule has 2 aromatic heterocycles. The van der Waals surface area contributed by atoms with Crippen molar-refractivity contribution >= 4 is 11.4 Å². The van der Waals surface area contributed by atoms with Crippen molar-refractivity contribution in [2.24, 2.45) is 7.05 Å². The Bertz CT molecular complexity index is 1160. The minimum Gasteiger partial charge on any atom is -0.389 e. The van der Waals surface area contributed by atoms with Crippen molar-refractivity contribution in [2.45, 2.75) is 39.5 Å². The third kappa shape index (κ3) is 4.45. The molecule has 7 nitrogen and oxygen atoms in total. The molecular formula is C25H33FN6O. The molecule has 1 N–H and O–H groups in total. The lowest BCUT2D eigenvalue weighted by atomic mass is 9.94. The molecule has 0 aliphatic carbocycles. The highest BCUT2D eigenvalue weighted by Crippen LogP contribution is 2.38. The molecular weight excluding hydrogens is 419 g/mol. The molecule has 1 saturated heterocycles. The van der Waals surface area contributed by atoms with Crippen molar-refractivity contribution < 1.29 is 9.50 Å². The molecule has 176 valence electrons. The van der Waals surface area contributed by atoms with E-state index in [1.165, 1.54) is 12.1 Å². The van der Waals surface area contributed by atoms with E-state index in [4.69, 9.17) is 5.10 Å². The monoisotopic (exact) mass is 452 g/mol. The van der Waals surface area contributed by atoms with Gasteiger partial charge in [-0.05, 0) is 57.2 Å². The van der Waals surface area contributed by atoms with Gasteiger partial charge in [-0.15, -0.1) is 0 Å². The molecule has 3 heterocycles. The lowest BCUT2D eigenvalue weighted by Crippen LogP contribution is -2.51. The Balaban J connectivity index is 1.81. The summed E-state index contributed by atoms with van der Waals surface area (Å²) >= 11 is 0. The van der Waals surface area contributed by atoms with Gasteiger partial charge < -0.3 is 14.9 Å². The second-order valence-corrected chi connectivity index (χ2v) is 8.98.